The summed E-state index contributed by atoms with van der Waals surface area (Å²) in [5.41, 5.74) is 4.07. The second-order valence-electron chi connectivity index (χ2n) is 8.69. The Bertz CT molecular complexity index is 1040. The molecular formula is C24H24N2O4. The number of amides is 2. The highest BCUT2D eigenvalue weighted by Crippen LogP contribution is 2.57. The molecular weight excluding hydrogens is 380 g/mol. The van der Waals surface area contributed by atoms with E-state index in [-0.39, 0.29) is 47.6 Å². The van der Waals surface area contributed by atoms with Crippen molar-refractivity contribution in [2.24, 2.45) is 23.7 Å². The number of hydrogen-bond acceptors (Lipinski definition) is 4. The van der Waals surface area contributed by atoms with Crippen LogP contribution in [0.15, 0.2) is 42.5 Å². The number of nitrogens with one attached hydrogen (secondary N) is 2. The van der Waals surface area contributed by atoms with E-state index in [1.807, 2.05) is 32.0 Å². The van der Waals surface area contributed by atoms with Crippen molar-refractivity contribution in [3.05, 3.63) is 59.2 Å². The lowest BCUT2D eigenvalue weighted by atomic mass is 9.79. The number of benzene rings is 2. The number of hydrogen-bond donors (Lipinski definition) is 2. The van der Waals surface area contributed by atoms with Gasteiger partial charge in [-0.25, -0.2) is 0 Å². The summed E-state index contributed by atoms with van der Waals surface area (Å²) in [5, 5.41) is 5.86. The molecule has 2 amide bonds. The molecule has 6 heteroatoms. The van der Waals surface area contributed by atoms with E-state index in [0.717, 1.165) is 29.7 Å². The molecule has 6 nitrogen and oxygen atoms in total. The molecule has 2 saturated carbocycles. The van der Waals surface area contributed by atoms with E-state index >= 15 is 0 Å². The second kappa shape index (κ2) is 6.97. The third-order valence-corrected chi connectivity index (χ3v) is 7.05. The Kier molecular flexibility index (Phi) is 4.38. The molecule has 2 bridgehead atoms. The van der Waals surface area contributed by atoms with E-state index in [1.165, 1.54) is 0 Å². The van der Waals surface area contributed by atoms with E-state index in [2.05, 4.69) is 10.6 Å². The Morgan fingerprint density at radius 3 is 2.53 bits per heavy atom. The molecule has 2 N–H and O–H groups in total. The lowest BCUT2D eigenvalue weighted by Gasteiger charge is -2.23. The van der Waals surface area contributed by atoms with Crippen LogP contribution in [-0.4, -0.2) is 23.9 Å². The minimum Gasteiger partial charge on any atom is -0.462 e. The van der Waals surface area contributed by atoms with Gasteiger partial charge in [-0.3, -0.25) is 14.4 Å². The van der Waals surface area contributed by atoms with Crippen molar-refractivity contribution in [2.45, 2.75) is 32.8 Å². The van der Waals surface area contributed by atoms with Crippen molar-refractivity contribution in [1.29, 1.82) is 0 Å². The van der Waals surface area contributed by atoms with Crippen molar-refractivity contribution >= 4 is 29.2 Å². The molecule has 2 aromatic rings. The Hall–Kier alpha value is -3.15. The molecule has 0 unspecified atom stereocenters. The van der Waals surface area contributed by atoms with Crippen LogP contribution in [0.3, 0.4) is 0 Å². The van der Waals surface area contributed by atoms with Crippen LogP contribution in [0.5, 0.6) is 0 Å². The molecule has 2 aromatic carbocycles. The van der Waals surface area contributed by atoms with Gasteiger partial charge < -0.3 is 15.4 Å². The molecule has 5 atom stereocenters. The summed E-state index contributed by atoms with van der Waals surface area (Å²) in [4.78, 5) is 37.6. The molecule has 1 heterocycles. The molecule has 3 aliphatic rings. The van der Waals surface area contributed by atoms with Gasteiger partial charge in [-0.1, -0.05) is 12.1 Å². The minimum absolute atomic E-state index is 0.0198. The largest absolute Gasteiger partial charge is 0.462 e. The number of carbonyl (C=O) groups is 3. The van der Waals surface area contributed by atoms with Crippen LogP contribution in [-0.2, 0) is 14.3 Å². The molecule has 30 heavy (non-hydrogen) atoms. The summed E-state index contributed by atoms with van der Waals surface area (Å²) in [6.07, 6.45) is 1.71. The minimum atomic E-state index is -0.312. The fraction of sp³-hybridized carbons (Fsp3) is 0.375. The third-order valence-electron chi connectivity index (χ3n) is 7.05. The molecule has 0 spiro atoms. The summed E-state index contributed by atoms with van der Waals surface area (Å²) in [5.74, 6) is -0.728. The topological polar surface area (TPSA) is 84.5 Å². The average molecular weight is 404 g/mol. The standard InChI is InChI=1S/C24H24N2O4/c1-12-4-3-5-18(13(12)2)26-22(27)14-6-8-16(9-7-14)25-23(28)20-15-10-17-19(11-15)30-24(29)21(17)20/h3-9,15,17,19-21H,10-11H2,1-2H3,(H,25,28)(H,26,27)/t15-,17+,19-,20+,21+/m1/s1. The van der Waals surface area contributed by atoms with Crippen molar-refractivity contribution in [3.63, 3.8) is 0 Å². The van der Waals surface area contributed by atoms with Gasteiger partial charge in [-0.15, -0.1) is 0 Å². The van der Waals surface area contributed by atoms with Crippen molar-refractivity contribution in [2.75, 3.05) is 10.6 Å². The van der Waals surface area contributed by atoms with Crippen LogP contribution in [0, 0.1) is 37.5 Å². The zero-order chi connectivity index (χ0) is 21.0. The maximum absolute atomic E-state index is 12.9. The predicted molar refractivity (Wildman–Crippen MR) is 112 cm³/mol. The van der Waals surface area contributed by atoms with E-state index in [4.69, 9.17) is 4.74 Å². The molecule has 2 aliphatic carbocycles. The molecule has 5 rings (SSSR count). The van der Waals surface area contributed by atoms with Gasteiger partial charge in [0.15, 0.2) is 0 Å². The quantitative estimate of drug-likeness (QED) is 0.761. The van der Waals surface area contributed by atoms with Crippen LogP contribution in [0.4, 0.5) is 11.4 Å². The van der Waals surface area contributed by atoms with Gasteiger partial charge in [0.1, 0.15) is 6.10 Å². The number of carbonyl (C=O) groups excluding carboxylic acids is 3. The number of esters is 1. The van der Waals surface area contributed by atoms with Crippen molar-refractivity contribution in [1.82, 2.24) is 0 Å². The Balaban J connectivity index is 1.25. The lowest BCUT2D eigenvalue weighted by molar-refractivity contribution is -0.145. The number of aryl methyl sites for hydroxylation is 1. The van der Waals surface area contributed by atoms with Gasteiger partial charge in [-0.05, 0) is 74.1 Å². The van der Waals surface area contributed by atoms with Crippen molar-refractivity contribution in [3.8, 4) is 0 Å². The molecule has 0 aromatic heterocycles. The first-order valence-corrected chi connectivity index (χ1v) is 10.4. The summed E-state index contributed by atoms with van der Waals surface area (Å²) in [6.45, 7) is 3.98. The molecule has 1 aliphatic heterocycles. The highest BCUT2D eigenvalue weighted by atomic mass is 16.6. The van der Waals surface area contributed by atoms with Gasteiger partial charge in [0.25, 0.3) is 5.91 Å². The van der Waals surface area contributed by atoms with Gasteiger partial charge in [0, 0.05) is 22.9 Å². The number of rotatable bonds is 4. The van der Waals surface area contributed by atoms with E-state index in [1.54, 1.807) is 24.3 Å². The van der Waals surface area contributed by atoms with Gasteiger partial charge in [0.2, 0.25) is 5.91 Å². The van der Waals surface area contributed by atoms with Crippen LogP contribution in [0.2, 0.25) is 0 Å². The van der Waals surface area contributed by atoms with Gasteiger partial charge in [-0.2, -0.15) is 0 Å². The SMILES string of the molecule is Cc1cccc(NC(=O)c2ccc(NC(=O)[C@H]3[C@@H]4C[C@@H]5[C@@H]3C(=O)O[C@@H]5C4)cc2)c1C. The first kappa shape index (κ1) is 18.9. The maximum Gasteiger partial charge on any atom is 0.310 e. The van der Waals surface area contributed by atoms with E-state index in [0.29, 0.717) is 11.3 Å². The monoisotopic (exact) mass is 404 g/mol. The zero-order valence-electron chi connectivity index (χ0n) is 17.0. The van der Waals surface area contributed by atoms with Crippen LogP contribution < -0.4 is 10.6 Å². The summed E-state index contributed by atoms with van der Waals surface area (Å²) < 4.78 is 5.41. The van der Waals surface area contributed by atoms with E-state index in [9.17, 15) is 14.4 Å². The average Bonchev–Trinajstić information content (AvgIpc) is 3.34. The van der Waals surface area contributed by atoms with Crippen LogP contribution in [0.25, 0.3) is 0 Å². The first-order chi connectivity index (χ1) is 14.4. The van der Waals surface area contributed by atoms with Crippen LogP contribution in [0.1, 0.15) is 34.3 Å². The first-order valence-electron chi connectivity index (χ1n) is 10.4. The van der Waals surface area contributed by atoms with Crippen LogP contribution >= 0.6 is 0 Å². The zero-order valence-corrected chi connectivity index (χ0v) is 17.0. The van der Waals surface area contributed by atoms with Gasteiger partial charge >= 0.3 is 5.97 Å². The maximum atomic E-state index is 12.9. The summed E-state index contributed by atoms with van der Waals surface area (Å²) in [6, 6.07) is 12.6. The second-order valence-corrected chi connectivity index (χ2v) is 8.69. The molecule has 3 fully saturated rings. The summed E-state index contributed by atoms with van der Waals surface area (Å²) in [7, 11) is 0. The fourth-order valence-electron chi connectivity index (χ4n) is 5.37. The predicted octanol–water partition coefficient (Wildman–Crippen LogP) is 3.69. The smallest absolute Gasteiger partial charge is 0.310 e. The Morgan fingerprint density at radius 2 is 1.77 bits per heavy atom. The molecule has 1 saturated heterocycles. The van der Waals surface area contributed by atoms with E-state index < -0.39 is 0 Å². The molecule has 154 valence electrons. The molecule has 0 radical (unpaired) electrons. The number of ether oxygens (including phenoxy) is 1. The third kappa shape index (κ3) is 2.98. The Morgan fingerprint density at radius 1 is 1.00 bits per heavy atom. The van der Waals surface area contributed by atoms with Crippen molar-refractivity contribution < 1.29 is 19.1 Å². The highest BCUT2D eigenvalue weighted by molar-refractivity contribution is 6.05. The number of anilines is 2. The lowest BCUT2D eigenvalue weighted by Crippen LogP contribution is -2.35. The summed E-state index contributed by atoms with van der Waals surface area (Å²) >= 11 is 0. The normalized spacial score (nSPS) is 28.3. The Labute approximate surface area is 175 Å². The van der Waals surface area contributed by atoms with Gasteiger partial charge in [0.05, 0.1) is 11.8 Å². The highest BCUT2D eigenvalue weighted by Gasteiger charge is 2.63. The number of fused-ring (bicyclic) bond motifs is 1. The fourth-order valence-corrected chi connectivity index (χ4v) is 5.37.